The maximum Gasteiger partial charge on any atom is 0.182 e. The van der Waals surface area contributed by atoms with Crippen LogP contribution in [0, 0.1) is 0 Å². The lowest BCUT2D eigenvalue weighted by molar-refractivity contribution is -0.116. The van der Waals surface area contributed by atoms with E-state index in [-0.39, 0.29) is 39.7 Å². The molecule has 0 bridgehead atoms. The van der Waals surface area contributed by atoms with Gasteiger partial charge in [-0.2, -0.15) is 0 Å². The van der Waals surface area contributed by atoms with Gasteiger partial charge < -0.3 is 35.3 Å². The highest BCUT2D eigenvalue weighted by Gasteiger charge is 2.46. The summed E-state index contributed by atoms with van der Waals surface area (Å²) in [6.45, 7) is 5.59. The van der Waals surface area contributed by atoms with Crippen LogP contribution in [0.25, 0.3) is 5.57 Å². The second kappa shape index (κ2) is 10.2. The lowest BCUT2D eigenvalue weighted by atomic mass is 9.74. The Balaban J connectivity index is 1.94. The Labute approximate surface area is 200 Å². The number of aromatic hydroxyl groups is 4. The van der Waals surface area contributed by atoms with Gasteiger partial charge in [-0.3, -0.25) is 4.79 Å². The fourth-order valence-corrected chi connectivity index (χ4v) is 4.23. The zero-order valence-corrected chi connectivity index (χ0v) is 20.2. The van der Waals surface area contributed by atoms with Crippen molar-refractivity contribution in [1.82, 2.24) is 0 Å². The highest BCUT2D eigenvalue weighted by Crippen LogP contribution is 2.52. The molecule has 0 radical (unpaired) electrons. The molecule has 1 atom stereocenters. The molecule has 1 aliphatic carbocycles. The lowest BCUT2D eigenvalue weighted by Crippen LogP contribution is -2.29. The minimum atomic E-state index is -1.28. The number of aliphatic hydroxyl groups is 1. The number of hydrogen-bond acceptors (Lipinski definition) is 8. The van der Waals surface area contributed by atoms with Crippen molar-refractivity contribution in [3.05, 3.63) is 41.2 Å². The molecular weight excluding hydrogens is 436 g/mol. The molecule has 0 amide bonds. The van der Waals surface area contributed by atoms with E-state index in [1.165, 1.54) is 24.3 Å². The number of hydrogen-bond donors (Lipinski definition) is 5. The topological polar surface area (TPSA) is 125 Å². The maximum absolute atomic E-state index is 13.0. The summed E-state index contributed by atoms with van der Waals surface area (Å²) < 4.78 is 0. The Bertz CT molecular complexity index is 1060. The lowest BCUT2D eigenvalue weighted by Gasteiger charge is -2.31. The van der Waals surface area contributed by atoms with Crippen LogP contribution in [0.1, 0.15) is 56.6 Å². The van der Waals surface area contributed by atoms with Gasteiger partial charge in [0.1, 0.15) is 34.7 Å². The maximum atomic E-state index is 13.0. The number of phenolic OH excluding ortho intramolecular Hbond substituents is 4. The highest BCUT2D eigenvalue weighted by molar-refractivity contribution is 6.33. The monoisotopic (exact) mass is 470 g/mol. The molecule has 2 aromatic carbocycles. The van der Waals surface area contributed by atoms with Crippen molar-refractivity contribution in [2.45, 2.75) is 45.4 Å². The Kier molecular flexibility index (Phi) is 7.49. The molecule has 8 nitrogen and oxygen atoms in total. The molecule has 34 heavy (non-hydrogen) atoms. The standard InChI is InChI=1S/C26H34N2O6/c1-5-7-9-27(3)15-11-17(29)21(18(30)12-15)23-25(33)24(26(23)34)22-19(31)13-16(14-20(22)32)28(4)10-8-6-2/h11-14,23,29-33H,5-10H2,1-4H3. The second-order valence-corrected chi connectivity index (χ2v) is 8.86. The summed E-state index contributed by atoms with van der Waals surface area (Å²) >= 11 is 0. The molecule has 0 aromatic heterocycles. The Morgan fingerprint density at radius 1 is 0.735 bits per heavy atom. The summed E-state index contributed by atoms with van der Waals surface area (Å²) in [4.78, 5) is 16.8. The predicted octanol–water partition coefficient (Wildman–Crippen LogP) is 4.62. The quantitative estimate of drug-likeness (QED) is 0.341. The van der Waals surface area contributed by atoms with Gasteiger partial charge in [0, 0.05) is 62.8 Å². The van der Waals surface area contributed by atoms with Crippen LogP contribution in [-0.4, -0.2) is 58.5 Å². The number of Topliss-reactive ketones (excluding diaryl/α,β-unsaturated/α-hetero) is 1. The largest absolute Gasteiger partial charge is 0.510 e. The first-order chi connectivity index (χ1) is 16.1. The van der Waals surface area contributed by atoms with Gasteiger partial charge in [0.05, 0.1) is 16.7 Å². The Hall–Kier alpha value is -3.55. The van der Waals surface area contributed by atoms with Crippen molar-refractivity contribution in [1.29, 1.82) is 0 Å². The average Bonchev–Trinajstić information content (AvgIpc) is 2.79. The van der Waals surface area contributed by atoms with Crippen LogP contribution < -0.4 is 9.80 Å². The van der Waals surface area contributed by atoms with Gasteiger partial charge in [-0.25, -0.2) is 0 Å². The molecule has 2 aromatic rings. The molecular formula is C26H34N2O6. The van der Waals surface area contributed by atoms with Gasteiger partial charge in [-0.05, 0) is 12.8 Å². The van der Waals surface area contributed by atoms with Crippen molar-refractivity contribution < 1.29 is 30.3 Å². The zero-order valence-electron chi connectivity index (χ0n) is 20.2. The van der Waals surface area contributed by atoms with E-state index in [4.69, 9.17) is 0 Å². The van der Waals surface area contributed by atoms with Crippen LogP contribution in [0.4, 0.5) is 11.4 Å². The van der Waals surface area contributed by atoms with Crippen LogP contribution in [0.15, 0.2) is 30.0 Å². The number of nitrogens with zero attached hydrogens (tertiary/aromatic N) is 2. The molecule has 0 aliphatic heterocycles. The van der Waals surface area contributed by atoms with Crippen LogP contribution in [-0.2, 0) is 4.79 Å². The molecule has 1 aliphatic rings. The molecule has 0 saturated heterocycles. The van der Waals surface area contributed by atoms with Gasteiger partial charge in [0.25, 0.3) is 0 Å². The second-order valence-electron chi connectivity index (χ2n) is 8.86. The minimum absolute atomic E-state index is 0.103. The van der Waals surface area contributed by atoms with Crippen molar-refractivity contribution in [2.24, 2.45) is 0 Å². The molecule has 0 heterocycles. The zero-order chi connectivity index (χ0) is 25.2. The molecule has 3 rings (SSSR count). The van der Waals surface area contributed by atoms with E-state index in [9.17, 15) is 30.3 Å². The van der Waals surface area contributed by atoms with Crippen molar-refractivity contribution in [3.63, 3.8) is 0 Å². The van der Waals surface area contributed by atoms with E-state index in [2.05, 4.69) is 13.8 Å². The third-order valence-electron chi connectivity index (χ3n) is 6.36. The normalized spacial score (nSPS) is 15.4. The number of carbonyl (C=O) groups excluding carboxylic acids is 1. The van der Waals surface area contributed by atoms with E-state index >= 15 is 0 Å². The summed E-state index contributed by atoms with van der Waals surface area (Å²) in [5.41, 5.74) is 0.662. The number of ketones is 1. The summed E-state index contributed by atoms with van der Waals surface area (Å²) in [6, 6.07) is 5.75. The third-order valence-corrected chi connectivity index (χ3v) is 6.36. The van der Waals surface area contributed by atoms with Gasteiger partial charge >= 0.3 is 0 Å². The molecule has 1 unspecified atom stereocenters. The number of aliphatic hydroxyl groups excluding tert-OH is 1. The summed E-state index contributed by atoms with van der Waals surface area (Å²) in [5, 5.41) is 53.0. The number of allylic oxidation sites excluding steroid dienone is 2. The van der Waals surface area contributed by atoms with Crippen LogP contribution >= 0.6 is 0 Å². The van der Waals surface area contributed by atoms with Crippen molar-refractivity contribution >= 4 is 22.7 Å². The average molecular weight is 471 g/mol. The number of rotatable bonds is 10. The first-order valence-corrected chi connectivity index (χ1v) is 11.6. The van der Waals surface area contributed by atoms with Gasteiger partial charge in [0.2, 0.25) is 0 Å². The summed E-state index contributed by atoms with van der Waals surface area (Å²) in [6.07, 6.45) is 3.86. The molecule has 5 N–H and O–H groups in total. The van der Waals surface area contributed by atoms with E-state index in [1.54, 1.807) is 0 Å². The number of unbranched alkanes of at least 4 members (excludes halogenated alkanes) is 2. The molecule has 184 valence electrons. The fourth-order valence-electron chi connectivity index (χ4n) is 4.23. The highest BCUT2D eigenvalue weighted by atomic mass is 16.3. The molecule has 8 heteroatoms. The minimum Gasteiger partial charge on any atom is -0.510 e. The Morgan fingerprint density at radius 3 is 1.53 bits per heavy atom. The van der Waals surface area contributed by atoms with Crippen LogP contribution in [0.5, 0.6) is 23.0 Å². The van der Waals surface area contributed by atoms with E-state index < -0.39 is 17.5 Å². The molecule has 0 spiro atoms. The predicted molar refractivity (Wildman–Crippen MR) is 133 cm³/mol. The van der Waals surface area contributed by atoms with Gasteiger partial charge in [0.15, 0.2) is 5.78 Å². The first-order valence-electron chi connectivity index (χ1n) is 11.6. The van der Waals surface area contributed by atoms with E-state index in [0.29, 0.717) is 11.4 Å². The van der Waals surface area contributed by atoms with Gasteiger partial charge in [-0.1, -0.05) is 26.7 Å². The van der Waals surface area contributed by atoms with Crippen LogP contribution in [0.2, 0.25) is 0 Å². The third kappa shape index (κ3) is 4.58. The van der Waals surface area contributed by atoms with Crippen molar-refractivity contribution in [2.75, 3.05) is 37.0 Å². The van der Waals surface area contributed by atoms with E-state index in [0.717, 1.165) is 38.8 Å². The van der Waals surface area contributed by atoms with Crippen LogP contribution in [0.3, 0.4) is 0 Å². The fraction of sp³-hybridized carbons (Fsp3) is 0.423. The Morgan fingerprint density at radius 2 is 1.15 bits per heavy atom. The van der Waals surface area contributed by atoms with Gasteiger partial charge in [-0.15, -0.1) is 0 Å². The first kappa shape index (κ1) is 25.1. The number of benzene rings is 2. The molecule has 0 fully saturated rings. The summed E-state index contributed by atoms with van der Waals surface area (Å²) in [7, 11) is 3.67. The van der Waals surface area contributed by atoms with Crippen molar-refractivity contribution in [3.8, 4) is 23.0 Å². The molecule has 0 saturated carbocycles. The summed E-state index contributed by atoms with van der Waals surface area (Å²) in [5.74, 6) is -3.64. The van der Waals surface area contributed by atoms with E-state index in [1.807, 2.05) is 23.9 Å². The smallest absolute Gasteiger partial charge is 0.182 e. The number of carbonyl (C=O) groups is 1. The number of phenols is 4. The SMILES string of the molecule is CCCCN(C)c1cc(O)c(C2=C(O)C(c3c(O)cc(N(C)CCCC)cc3O)C2=O)c(O)c1. The number of anilines is 2.